The zero-order chi connectivity index (χ0) is 30.6. The summed E-state index contributed by atoms with van der Waals surface area (Å²) in [6.07, 6.45) is 13.1. The van der Waals surface area contributed by atoms with Gasteiger partial charge in [0.15, 0.2) is 11.6 Å². The lowest BCUT2D eigenvalue weighted by atomic mass is 9.68. The number of rotatable bonds is 9. The highest BCUT2D eigenvalue weighted by Crippen LogP contribution is 2.46. The van der Waals surface area contributed by atoms with Crippen LogP contribution in [0.2, 0.25) is 0 Å². The SMILES string of the molecule is CCCCCC1CCC(C2CCC(c3cc(F)c(C4=CCC(c5ccc(OC(F)(F)F)c(F)c5)CC4)c(F)c3)CC2)CC1. The molecule has 1 atom stereocenters. The molecule has 0 radical (unpaired) electrons. The molecule has 0 bridgehead atoms. The lowest BCUT2D eigenvalue weighted by Gasteiger charge is -2.38. The van der Waals surface area contributed by atoms with Crippen molar-refractivity contribution < 1.29 is 31.1 Å². The monoisotopic (exact) mass is 606 g/mol. The number of benzene rings is 2. The largest absolute Gasteiger partial charge is 0.573 e. The Morgan fingerprint density at radius 1 is 0.721 bits per heavy atom. The van der Waals surface area contributed by atoms with Crippen molar-refractivity contribution in [1.29, 1.82) is 0 Å². The first-order valence-electron chi connectivity index (χ1n) is 16.3. The lowest BCUT2D eigenvalue weighted by Crippen LogP contribution is -2.25. The number of unbranched alkanes of at least 4 members (excludes halogenated alkanes) is 2. The summed E-state index contributed by atoms with van der Waals surface area (Å²) in [6, 6.07) is 6.48. The second kappa shape index (κ2) is 14.1. The Morgan fingerprint density at radius 3 is 1.91 bits per heavy atom. The van der Waals surface area contributed by atoms with Gasteiger partial charge < -0.3 is 4.74 Å². The summed E-state index contributed by atoms with van der Waals surface area (Å²) in [5.74, 6) is -0.555. The topological polar surface area (TPSA) is 9.23 Å². The van der Waals surface area contributed by atoms with Gasteiger partial charge in [-0.05, 0) is 128 Å². The minimum atomic E-state index is -4.97. The Hall–Kier alpha value is -2.44. The van der Waals surface area contributed by atoms with Crippen LogP contribution in [0, 0.1) is 35.2 Å². The normalized spacial score (nSPS) is 26.7. The molecule has 2 aromatic rings. The van der Waals surface area contributed by atoms with Gasteiger partial charge in [-0.15, -0.1) is 13.2 Å². The maximum atomic E-state index is 15.4. The van der Waals surface area contributed by atoms with E-state index in [1.165, 1.54) is 69.6 Å². The van der Waals surface area contributed by atoms with E-state index in [1.54, 1.807) is 6.08 Å². The fourth-order valence-corrected chi connectivity index (χ4v) is 8.03. The van der Waals surface area contributed by atoms with Crippen LogP contribution in [-0.4, -0.2) is 6.36 Å². The van der Waals surface area contributed by atoms with Crippen molar-refractivity contribution in [3.05, 3.63) is 70.5 Å². The Bertz CT molecular complexity index is 1230. The van der Waals surface area contributed by atoms with E-state index in [1.807, 2.05) is 0 Å². The molecule has 2 aromatic carbocycles. The van der Waals surface area contributed by atoms with E-state index >= 15 is 8.78 Å². The van der Waals surface area contributed by atoms with Crippen molar-refractivity contribution in [3.8, 4) is 5.75 Å². The average Bonchev–Trinajstić information content (AvgIpc) is 2.98. The predicted octanol–water partition coefficient (Wildman–Crippen LogP) is 12.0. The van der Waals surface area contributed by atoms with Crippen LogP contribution < -0.4 is 4.74 Å². The second-order valence-corrected chi connectivity index (χ2v) is 13.2. The first-order chi connectivity index (χ1) is 20.6. The predicted molar refractivity (Wildman–Crippen MR) is 158 cm³/mol. The maximum Gasteiger partial charge on any atom is 0.573 e. The molecule has 0 N–H and O–H groups in total. The molecular weight excluding hydrogens is 562 g/mol. The zero-order valence-corrected chi connectivity index (χ0v) is 25.1. The third kappa shape index (κ3) is 8.19. The summed E-state index contributed by atoms with van der Waals surface area (Å²) in [6.45, 7) is 2.26. The van der Waals surface area contributed by atoms with Crippen molar-refractivity contribution in [3.63, 3.8) is 0 Å². The fourth-order valence-electron chi connectivity index (χ4n) is 8.03. The third-order valence-corrected chi connectivity index (χ3v) is 10.5. The van der Waals surface area contributed by atoms with E-state index < -0.39 is 29.6 Å². The highest BCUT2D eigenvalue weighted by Gasteiger charge is 2.34. The first kappa shape index (κ1) is 32.0. The van der Waals surface area contributed by atoms with Gasteiger partial charge in [-0.25, -0.2) is 13.2 Å². The minimum absolute atomic E-state index is 0.00619. The van der Waals surface area contributed by atoms with Crippen molar-refractivity contribution in [1.82, 2.24) is 0 Å². The Kier molecular flexibility index (Phi) is 10.5. The molecule has 0 saturated heterocycles. The van der Waals surface area contributed by atoms with E-state index in [2.05, 4.69) is 11.7 Å². The van der Waals surface area contributed by atoms with Gasteiger partial charge in [0.2, 0.25) is 0 Å². The number of hydrogen-bond donors (Lipinski definition) is 0. The summed E-state index contributed by atoms with van der Waals surface area (Å²) in [5, 5.41) is 0. The highest BCUT2D eigenvalue weighted by molar-refractivity contribution is 5.68. The molecule has 3 aliphatic carbocycles. The second-order valence-electron chi connectivity index (χ2n) is 13.2. The van der Waals surface area contributed by atoms with Gasteiger partial charge in [-0.1, -0.05) is 57.6 Å². The molecule has 0 amide bonds. The van der Waals surface area contributed by atoms with Crippen LogP contribution in [0.4, 0.5) is 26.3 Å². The molecule has 1 nitrogen and oxygen atoms in total. The van der Waals surface area contributed by atoms with Gasteiger partial charge in [0.1, 0.15) is 11.6 Å². The molecule has 0 aliphatic heterocycles. The molecule has 3 aliphatic rings. The van der Waals surface area contributed by atoms with Crippen LogP contribution in [0.25, 0.3) is 5.57 Å². The molecule has 43 heavy (non-hydrogen) atoms. The van der Waals surface area contributed by atoms with Crippen molar-refractivity contribution in [2.75, 3.05) is 0 Å². The molecular formula is C36H44F6O. The van der Waals surface area contributed by atoms with Crippen LogP contribution in [0.3, 0.4) is 0 Å². The number of halogens is 6. The van der Waals surface area contributed by atoms with Gasteiger partial charge in [0.25, 0.3) is 0 Å². The van der Waals surface area contributed by atoms with E-state index in [9.17, 15) is 17.6 Å². The number of ether oxygens (including phenoxy) is 1. The maximum absolute atomic E-state index is 15.4. The summed E-state index contributed by atoms with van der Waals surface area (Å²) < 4.78 is 86.0. The fraction of sp³-hybridized carbons (Fsp3) is 0.611. The smallest absolute Gasteiger partial charge is 0.403 e. The molecule has 0 aromatic heterocycles. The van der Waals surface area contributed by atoms with E-state index in [4.69, 9.17) is 0 Å². The van der Waals surface area contributed by atoms with E-state index in [-0.39, 0.29) is 17.4 Å². The van der Waals surface area contributed by atoms with Crippen LogP contribution in [0.1, 0.15) is 132 Å². The standard InChI is InChI=1S/C36H44F6O/c1-2-3-4-5-23-6-8-24(9-7-23)25-10-12-27(13-11-25)30-21-32(38)35(33(39)22-30)28-16-14-26(15-17-28)29-18-19-34(31(37)20-29)43-36(40,41)42/h16,18-27H,2-15,17H2,1H3. The van der Waals surface area contributed by atoms with Crippen LogP contribution in [0.15, 0.2) is 36.4 Å². The zero-order valence-electron chi connectivity index (χ0n) is 25.1. The Morgan fingerprint density at radius 2 is 1.35 bits per heavy atom. The van der Waals surface area contributed by atoms with Gasteiger partial charge in [-0.3, -0.25) is 0 Å². The third-order valence-electron chi connectivity index (χ3n) is 10.5. The summed E-state index contributed by atoms with van der Waals surface area (Å²) >= 11 is 0. The average molecular weight is 607 g/mol. The minimum Gasteiger partial charge on any atom is -0.403 e. The molecule has 1 unspecified atom stereocenters. The van der Waals surface area contributed by atoms with E-state index in [0.717, 1.165) is 61.1 Å². The Balaban J connectivity index is 1.15. The van der Waals surface area contributed by atoms with Gasteiger partial charge >= 0.3 is 6.36 Å². The number of alkyl halides is 3. The van der Waals surface area contributed by atoms with E-state index in [0.29, 0.717) is 30.4 Å². The molecule has 5 rings (SSSR count). The van der Waals surface area contributed by atoms with Gasteiger partial charge in [0.05, 0.1) is 0 Å². The molecule has 2 fully saturated rings. The summed E-state index contributed by atoms with van der Waals surface area (Å²) in [4.78, 5) is 0. The van der Waals surface area contributed by atoms with Crippen LogP contribution in [0.5, 0.6) is 5.75 Å². The molecule has 7 heteroatoms. The van der Waals surface area contributed by atoms with Crippen LogP contribution in [-0.2, 0) is 0 Å². The molecule has 2 saturated carbocycles. The number of hydrogen-bond acceptors (Lipinski definition) is 1. The van der Waals surface area contributed by atoms with Crippen LogP contribution >= 0.6 is 0 Å². The molecule has 236 valence electrons. The first-order valence-corrected chi connectivity index (χ1v) is 16.3. The molecule has 0 heterocycles. The van der Waals surface area contributed by atoms with Crippen molar-refractivity contribution >= 4 is 5.57 Å². The van der Waals surface area contributed by atoms with Crippen molar-refractivity contribution in [2.45, 2.75) is 121 Å². The van der Waals surface area contributed by atoms with Gasteiger partial charge in [0, 0.05) is 5.56 Å². The quantitative estimate of drug-likeness (QED) is 0.204. The summed E-state index contributed by atoms with van der Waals surface area (Å²) in [7, 11) is 0. The molecule has 0 spiro atoms. The lowest BCUT2D eigenvalue weighted by molar-refractivity contribution is -0.275. The van der Waals surface area contributed by atoms with Gasteiger partial charge in [-0.2, -0.15) is 0 Å². The summed E-state index contributed by atoms with van der Waals surface area (Å²) in [5.41, 5.74) is 1.88. The highest BCUT2D eigenvalue weighted by atomic mass is 19.4. The number of allylic oxidation sites excluding steroid dienone is 2. The van der Waals surface area contributed by atoms with Crippen molar-refractivity contribution in [2.24, 2.45) is 17.8 Å². The Labute approximate surface area is 252 Å².